The van der Waals surface area contributed by atoms with Crippen LogP contribution in [0.1, 0.15) is 44.7 Å². The van der Waals surface area contributed by atoms with Gasteiger partial charge >= 0.3 is 0 Å². The summed E-state index contributed by atoms with van der Waals surface area (Å²) in [5.41, 5.74) is 1.92. The first-order chi connectivity index (χ1) is 10.9. The van der Waals surface area contributed by atoms with Gasteiger partial charge in [-0.15, -0.1) is 0 Å². The fraction of sp³-hybridized carbons (Fsp3) is 0.632. The third-order valence-corrected chi connectivity index (χ3v) is 4.98. The Kier molecular flexibility index (Phi) is 4.46. The van der Waals surface area contributed by atoms with Gasteiger partial charge in [-0.2, -0.15) is 5.26 Å². The van der Waals surface area contributed by atoms with Gasteiger partial charge in [0, 0.05) is 32.5 Å². The number of ether oxygens (including phenoxy) is 2. The van der Waals surface area contributed by atoms with Crippen LogP contribution >= 0.6 is 0 Å². The van der Waals surface area contributed by atoms with E-state index in [1.165, 1.54) is 5.56 Å². The molecule has 0 saturated carbocycles. The van der Waals surface area contributed by atoms with Crippen LogP contribution in [0.2, 0.25) is 0 Å². The second kappa shape index (κ2) is 6.24. The van der Waals surface area contributed by atoms with Crippen molar-refractivity contribution in [3.8, 4) is 6.07 Å². The van der Waals surface area contributed by atoms with Crippen LogP contribution in [0.4, 0.5) is 0 Å². The first kappa shape index (κ1) is 16.4. The van der Waals surface area contributed by atoms with Crippen molar-refractivity contribution in [1.29, 1.82) is 5.26 Å². The van der Waals surface area contributed by atoms with Gasteiger partial charge in [0.1, 0.15) is 0 Å². The molecule has 23 heavy (non-hydrogen) atoms. The van der Waals surface area contributed by atoms with E-state index in [4.69, 9.17) is 9.47 Å². The molecular weight excluding hydrogens is 288 g/mol. The first-order valence-corrected chi connectivity index (χ1v) is 8.48. The SMILES string of the molecule is C[C@@H]1COC2(CCN(Cc3ccccc3C(C)(C)C#N)CC2)O1. The summed E-state index contributed by atoms with van der Waals surface area (Å²) in [6.45, 7) is 9.56. The predicted octanol–water partition coefficient (Wildman–Crippen LogP) is 3.22. The fourth-order valence-corrected chi connectivity index (χ4v) is 3.59. The highest BCUT2D eigenvalue weighted by atomic mass is 16.7. The number of rotatable bonds is 3. The number of nitriles is 1. The van der Waals surface area contributed by atoms with Crippen molar-refractivity contribution in [1.82, 2.24) is 4.90 Å². The van der Waals surface area contributed by atoms with Crippen LogP contribution in [-0.4, -0.2) is 36.5 Å². The average molecular weight is 314 g/mol. The fourth-order valence-electron chi connectivity index (χ4n) is 3.59. The molecule has 3 rings (SSSR count). The van der Waals surface area contributed by atoms with Crippen molar-refractivity contribution in [2.45, 2.75) is 57.5 Å². The number of benzene rings is 1. The maximum Gasteiger partial charge on any atom is 0.171 e. The van der Waals surface area contributed by atoms with Gasteiger partial charge in [0.25, 0.3) is 0 Å². The molecule has 2 aliphatic heterocycles. The molecular formula is C19H26N2O2. The van der Waals surface area contributed by atoms with E-state index >= 15 is 0 Å². The molecule has 1 atom stereocenters. The van der Waals surface area contributed by atoms with Gasteiger partial charge in [-0.3, -0.25) is 4.90 Å². The zero-order valence-electron chi connectivity index (χ0n) is 14.3. The van der Waals surface area contributed by atoms with Gasteiger partial charge in [-0.05, 0) is 31.9 Å². The van der Waals surface area contributed by atoms with Crippen LogP contribution < -0.4 is 0 Å². The summed E-state index contributed by atoms with van der Waals surface area (Å²) in [5, 5.41) is 9.45. The molecule has 124 valence electrons. The number of likely N-dealkylation sites (tertiary alicyclic amines) is 1. The highest BCUT2D eigenvalue weighted by molar-refractivity contribution is 5.37. The molecule has 1 aromatic rings. The van der Waals surface area contributed by atoms with Crippen LogP contribution in [0, 0.1) is 11.3 Å². The van der Waals surface area contributed by atoms with Gasteiger partial charge in [0.2, 0.25) is 0 Å². The lowest BCUT2D eigenvalue weighted by atomic mass is 9.83. The third-order valence-electron chi connectivity index (χ3n) is 4.98. The molecule has 0 unspecified atom stereocenters. The van der Waals surface area contributed by atoms with Gasteiger partial charge in [0.15, 0.2) is 5.79 Å². The molecule has 0 aliphatic carbocycles. The van der Waals surface area contributed by atoms with Crippen LogP contribution in [0.15, 0.2) is 24.3 Å². The molecule has 1 spiro atoms. The molecule has 0 N–H and O–H groups in total. The van der Waals surface area contributed by atoms with Crippen molar-refractivity contribution in [3.05, 3.63) is 35.4 Å². The Bertz CT molecular complexity index is 598. The molecule has 0 bridgehead atoms. The van der Waals surface area contributed by atoms with Crippen LogP contribution in [-0.2, 0) is 21.4 Å². The second-order valence-electron chi connectivity index (χ2n) is 7.32. The summed E-state index contributed by atoms with van der Waals surface area (Å²) < 4.78 is 11.9. The number of nitrogens with zero attached hydrogens (tertiary/aromatic N) is 2. The predicted molar refractivity (Wildman–Crippen MR) is 88.8 cm³/mol. The molecule has 0 aromatic heterocycles. The minimum absolute atomic E-state index is 0.207. The van der Waals surface area contributed by atoms with E-state index in [9.17, 15) is 5.26 Å². The number of hydrogen-bond acceptors (Lipinski definition) is 4. The Labute approximate surface area is 139 Å². The van der Waals surface area contributed by atoms with Gasteiger partial charge in [-0.25, -0.2) is 0 Å². The van der Waals surface area contributed by atoms with E-state index < -0.39 is 5.41 Å². The molecule has 0 amide bonds. The van der Waals surface area contributed by atoms with Crippen LogP contribution in [0.3, 0.4) is 0 Å². The number of hydrogen-bond donors (Lipinski definition) is 0. The van der Waals surface area contributed by atoms with Crippen LogP contribution in [0.25, 0.3) is 0 Å². The quantitative estimate of drug-likeness (QED) is 0.859. The first-order valence-electron chi connectivity index (χ1n) is 8.48. The zero-order valence-corrected chi connectivity index (χ0v) is 14.3. The normalized spacial score (nSPS) is 24.7. The molecule has 2 saturated heterocycles. The number of piperidine rings is 1. The van der Waals surface area contributed by atoms with E-state index in [1.807, 2.05) is 19.9 Å². The summed E-state index contributed by atoms with van der Waals surface area (Å²) in [6, 6.07) is 10.7. The monoisotopic (exact) mass is 314 g/mol. The standard InChI is InChI=1S/C19H26N2O2/c1-15-13-22-19(23-15)8-10-21(11-9-19)12-16-6-4-5-7-17(16)18(2,3)14-20/h4-7,15H,8-13H2,1-3H3/t15-/m1/s1. The van der Waals surface area contributed by atoms with Gasteiger partial charge in [-0.1, -0.05) is 24.3 Å². The van der Waals surface area contributed by atoms with Crippen molar-refractivity contribution in [2.24, 2.45) is 0 Å². The zero-order chi connectivity index (χ0) is 16.5. The summed E-state index contributed by atoms with van der Waals surface area (Å²) in [4.78, 5) is 2.44. The molecule has 0 radical (unpaired) electrons. The average Bonchev–Trinajstić information content (AvgIpc) is 2.91. The van der Waals surface area contributed by atoms with Gasteiger partial charge in [0.05, 0.1) is 24.2 Å². The maximum atomic E-state index is 9.45. The Hall–Kier alpha value is -1.41. The highest BCUT2D eigenvalue weighted by Gasteiger charge is 2.42. The van der Waals surface area contributed by atoms with E-state index in [0.717, 1.165) is 38.0 Å². The maximum absolute atomic E-state index is 9.45. The minimum Gasteiger partial charge on any atom is -0.347 e. The van der Waals surface area contributed by atoms with Crippen LogP contribution in [0.5, 0.6) is 0 Å². The lowest BCUT2D eigenvalue weighted by molar-refractivity contribution is -0.194. The summed E-state index contributed by atoms with van der Waals surface area (Å²) >= 11 is 0. The molecule has 2 heterocycles. The second-order valence-corrected chi connectivity index (χ2v) is 7.32. The summed E-state index contributed by atoms with van der Waals surface area (Å²) in [5.74, 6) is -0.346. The molecule has 4 heteroatoms. The van der Waals surface area contributed by atoms with E-state index in [2.05, 4.69) is 36.1 Å². The van der Waals surface area contributed by atoms with E-state index in [1.54, 1.807) is 0 Å². The van der Waals surface area contributed by atoms with Crippen molar-refractivity contribution >= 4 is 0 Å². The Morgan fingerprint density at radius 1 is 1.30 bits per heavy atom. The Balaban J connectivity index is 1.67. The smallest absolute Gasteiger partial charge is 0.171 e. The molecule has 1 aromatic carbocycles. The summed E-state index contributed by atoms with van der Waals surface area (Å²) in [6.07, 6.45) is 2.04. The van der Waals surface area contributed by atoms with E-state index in [0.29, 0.717) is 6.61 Å². The van der Waals surface area contributed by atoms with Crippen molar-refractivity contribution in [3.63, 3.8) is 0 Å². The lowest BCUT2D eigenvalue weighted by Crippen LogP contribution is -2.45. The largest absolute Gasteiger partial charge is 0.347 e. The third kappa shape index (κ3) is 3.42. The van der Waals surface area contributed by atoms with Gasteiger partial charge < -0.3 is 9.47 Å². The van der Waals surface area contributed by atoms with Crippen molar-refractivity contribution < 1.29 is 9.47 Å². The van der Waals surface area contributed by atoms with E-state index in [-0.39, 0.29) is 11.9 Å². The Morgan fingerprint density at radius 3 is 2.61 bits per heavy atom. The molecule has 4 nitrogen and oxygen atoms in total. The minimum atomic E-state index is -0.458. The van der Waals surface area contributed by atoms with Crippen molar-refractivity contribution in [2.75, 3.05) is 19.7 Å². The Morgan fingerprint density at radius 2 is 2.00 bits per heavy atom. The lowest BCUT2D eigenvalue weighted by Gasteiger charge is -2.38. The summed E-state index contributed by atoms with van der Waals surface area (Å²) in [7, 11) is 0. The molecule has 2 aliphatic rings. The topological polar surface area (TPSA) is 45.5 Å². The highest BCUT2D eigenvalue weighted by Crippen LogP contribution is 2.35. The molecule has 2 fully saturated rings.